The molecule has 2 rings (SSSR count). The highest BCUT2D eigenvalue weighted by atomic mass is 31.2. The summed E-state index contributed by atoms with van der Waals surface area (Å²) in [6, 6.07) is 0. The van der Waals surface area contributed by atoms with Crippen LogP contribution in [0.3, 0.4) is 0 Å². The summed E-state index contributed by atoms with van der Waals surface area (Å²) >= 11 is 0. The zero-order valence-corrected chi connectivity index (χ0v) is 15.9. The van der Waals surface area contributed by atoms with Gasteiger partial charge in [0.15, 0.2) is 7.60 Å². The van der Waals surface area contributed by atoms with Gasteiger partial charge in [0.2, 0.25) is 0 Å². The van der Waals surface area contributed by atoms with Crippen LogP contribution in [0.1, 0.15) is 45.9 Å². The summed E-state index contributed by atoms with van der Waals surface area (Å²) in [6.07, 6.45) is 0.709. The van der Waals surface area contributed by atoms with Crippen LogP contribution in [0.2, 0.25) is 0 Å². The molecule has 2 N–H and O–H groups in total. The summed E-state index contributed by atoms with van der Waals surface area (Å²) in [7, 11) is -4.58. The van der Waals surface area contributed by atoms with E-state index in [1.165, 1.54) is 10.8 Å². The normalized spacial score (nSPS) is 27.3. The van der Waals surface area contributed by atoms with E-state index in [-0.39, 0.29) is 11.3 Å². The molecule has 2 heterocycles. The van der Waals surface area contributed by atoms with Gasteiger partial charge in [-0.1, -0.05) is 20.8 Å². The van der Waals surface area contributed by atoms with E-state index in [0.29, 0.717) is 17.6 Å². The first-order valence-electron chi connectivity index (χ1n) is 8.00. The lowest BCUT2D eigenvalue weighted by Gasteiger charge is -2.31. The average Bonchev–Trinajstić information content (AvgIpc) is 2.86. The molecule has 1 aliphatic heterocycles. The van der Waals surface area contributed by atoms with Crippen molar-refractivity contribution >= 4 is 7.60 Å². The Morgan fingerprint density at radius 2 is 2.08 bits per heavy atom. The third-order valence-electron chi connectivity index (χ3n) is 4.51. The molecular weight excluding hydrogens is 347 g/mol. The predicted octanol–water partition coefficient (Wildman–Crippen LogP) is 1.24. The molecule has 0 amide bonds. The summed E-state index contributed by atoms with van der Waals surface area (Å²) in [5.74, 6) is 0.721. The van der Waals surface area contributed by atoms with Crippen LogP contribution >= 0.6 is 7.60 Å². The Kier molecular flexibility index (Phi) is 5.31. The maximum Gasteiger partial charge on any atom is 0.330 e. The smallest absolute Gasteiger partial charge is 0.330 e. The lowest BCUT2D eigenvalue weighted by molar-refractivity contribution is -0.189. The minimum absolute atomic E-state index is 0.0839. The van der Waals surface area contributed by atoms with Gasteiger partial charge in [0.05, 0.1) is 6.10 Å². The Bertz CT molecular complexity index is 841. The first-order valence-corrected chi connectivity index (χ1v) is 9.64. The fourth-order valence-electron chi connectivity index (χ4n) is 3.20. The summed E-state index contributed by atoms with van der Waals surface area (Å²) in [5, 5.41) is 0. The first-order chi connectivity index (χ1) is 11.3. The number of rotatable bonds is 3. The van der Waals surface area contributed by atoms with Crippen LogP contribution in [-0.2, 0) is 9.30 Å². The molecule has 1 aromatic heterocycles. The first kappa shape index (κ1) is 19.8. The maximum atomic E-state index is 12.1. The van der Waals surface area contributed by atoms with Gasteiger partial charge < -0.3 is 19.1 Å². The monoisotopic (exact) mass is 371 g/mol. The Morgan fingerprint density at radius 1 is 1.48 bits per heavy atom. The Labute approximate surface area is 145 Å². The number of ether oxygens (including phenoxy) is 1. The van der Waals surface area contributed by atoms with Crippen molar-refractivity contribution < 1.29 is 19.1 Å². The predicted molar refractivity (Wildman–Crippen MR) is 91.1 cm³/mol. The average molecular weight is 371 g/mol. The van der Waals surface area contributed by atoms with E-state index in [9.17, 15) is 19.0 Å². The van der Waals surface area contributed by atoms with Crippen LogP contribution in [-0.4, -0.2) is 20.5 Å². The zero-order chi connectivity index (χ0) is 19.2. The van der Waals surface area contributed by atoms with Gasteiger partial charge in [-0.05, 0) is 43.0 Å². The van der Waals surface area contributed by atoms with Crippen molar-refractivity contribution in [3.05, 3.63) is 44.0 Å². The third-order valence-corrected chi connectivity index (χ3v) is 5.24. The van der Waals surface area contributed by atoms with Crippen molar-refractivity contribution in [2.24, 2.45) is 11.3 Å². The van der Waals surface area contributed by atoms with Crippen LogP contribution in [0, 0.1) is 18.3 Å². The number of aryl methyl sites for hydroxylation is 1. The number of H-pyrrole nitrogens is 1. The summed E-state index contributed by atoms with van der Waals surface area (Å²) in [4.78, 5) is 46.2. The summed E-state index contributed by atoms with van der Waals surface area (Å²) < 4.78 is 18.5. The highest BCUT2D eigenvalue weighted by Crippen LogP contribution is 2.47. The molecule has 1 saturated heterocycles. The molecule has 140 valence electrons. The number of aromatic nitrogens is 2. The van der Waals surface area contributed by atoms with Crippen molar-refractivity contribution in [3.63, 3.8) is 0 Å². The van der Waals surface area contributed by atoms with Crippen LogP contribution in [0.25, 0.3) is 0 Å². The van der Waals surface area contributed by atoms with E-state index >= 15 is 0 Å². The second-order valence-corrected chi connectivity index (χ2v) is 9.02. The number of aromatic amines is 1. The van der Waals surface area contributed by atoms with E-state index in [0.717, 1.165) is 5.82 Å². The topological polar surface area (TPSA) is 124 Å². The Balaban J connectivity index is 2.45. The van der Waals surface area contributed by atoms with E-state index in [2.05, 4.69) is 4.98 Å². The van der Waals surface area contributed by atoms with E-state index in [1.807, 2.05) is 20.8 Å². The molecule has 0 aliphatic carbocycles. The Hall–Kier alpha value is -1.47. The fraction of sp³-hybridized carbons (Fsp3) is 0.625. The van der Waals surface area contributed by atoms with E-state index < -0.39 is 31.2 Å². The van der Waals surface area contributed by atoms with Crippen molar-refractivity contribution in [2.75, 3.05) is 0 Å². The third kappa shape index (κ3) is 4.58. The second kappa shape index (κ2) is 6.68. The standard InChI is InChI=1S/C16H25N2O6P/c1-9-7-18(15(20)17-14(9)19)12-6-11(16(3,4)5)13(24-12)10(2)8-25(21,22)23/h7-8,11-13H,6H2,1-5H3,(H,17,19,20)(H2,21,22,23)/p-1/b10-8+/t11?,12-,13-/m1/s1. The molecule has 1 fully saturated rings. The van der Waals surface area contributed by atoms with Gasteiger partial charge in [-0.3, -0.25) is 14.3 Å². The number of hydrogen-bond donors (Lipinski definition) is 2. The van der Waals surface area contributed by atoms with Gasteiger partial charge in [0.1, 0.15) is 6.23 Å². The number of hydrogen-bond acceptors (Lipinski definition) is 5. The van der Waals surface area contributed by atoms with Crippen LogP contribution < -0.4 is 16.1 Å². The van der Waals surface area contributed by atoms with Gasteiger partial charge in [-0.15, -0.1) is 0 Å². The van der Waals surface area contributed by atoms with Gasteiger partial charge in [-0.25, -0.2) is 4.79 Å². The molecule has 0 bridgehead atoms. The molecule has 4 atom stereocenters. The van der Waals surface area contributed by atoms with Crippen LogP contribution in [0.4, 0.5) is 0 Å². The maximum absolute atomic E-state index is 12.1. The molecule has 1 aromatic rings. The van der Waals surface area contributed by atoms with Crippen LogP contribution in [0.5, 0.6) is 0 Å². The number of nitrogens with one attached hydrogen (secondary N) is 1. The molecule has 9 heteroatoms. The van der Waals surface area contributed by atoms with Gasteiger partial charge >= 0.3 is 5.69 Å². The highest BCUT2D eigenvalue weighted by Gasteiger charge is 2.43. The minimum atomic E-state index is -4.58. The molecule has 25 heavy (non-hydrogen) atoms. The van der Waals surface area contributed by atoms with Crippen LogP contribution in [0.15, 0.2) is 27.2 Å². The lowest BCUT2D eigenvalue weighted by atomic mass is 9.75. The van der Waals surface area contributed by atoms with Crippen molar-refractivity contribution in [3.8, 4) is 0 Å². The quantitative estimate of drug-likeness (QED) is 0.771. The molecular formula is C16H24N2O6P-. The molecule has 0 aromatic carbocycles. The van der Waals surface area contributed by atoms with Gasteiger partial charge in [0.25, 0.3) is 5.56 Å². The molecule has 0 saturated carbocycles. The van der Waals surface area contributed by atoms with Gasteiger partial charge in [0, 0.05) is 11.8 Å². The van der Waals surface area contributed by atoms with Crippen molar-refractivity contribution in [1.29, 1.82) is 0 Å². The molecule has 2 unspecified atom stereocenters. The second-order valence-electron chi connectivity index (χ2n) is 7.64. The van der Waals surface area contributed by atoms with E-state index in [1.54, 1.807) is 13.8 Å². The Morgan fingerprint density at radius 3 is 2.60 bits per heavy atom. The molecule has 8 nitrogen and oxygen atoms in total. The molecule has 1 aliphatic rings. The SMILES string of the molecule is C/C(=C\P(=O)([O-])O)[C@H]1O[C@@H](n2cc(C)c(=O)[nH]c2=O)CC1C(C)(C)C. The molecule has 0 radical (unpaired) electrons. The summed E-state index contributed by atoms with van der Waals surface area (Å²) in [6.45, 7) is 9.17. The largest absolute Gasteiger partial charge is 0.776 e. The van der Waals surface area contributed by atoms with E-state index in [4.69, 9.17) is 9.63 Å². The van der Waals surface area contributed by atoms with Crippen molar-refractivity contribution in [1.82, 2.24) is 9.55 Å². The lowest BCUT2D eigenvalue weighted by Crippen LogP contribution is -2.33. The summed E-state index contributed by atoms with van der Waals surface area (Å²) in [5.41, 5.74) is -0.500. The minimum Gasteiger partial charge on any atom is -0.776 e. The highest BCUT2D eigenvalue weighted by molar-refractivity contribution is 7.53. The van der Waals surface area contributed by atoms with Gasteiger partial charge in [-0.2, -0.15) is 0 Å². The molecule has 0 spiro atoms. The van der Waals surface area contributed by atoms with Crippen molar-refractivity contribution in [2.45, 2.75) is 53.4 Å². The fourth-order valence-corrected chi connectivity index (χ4v) is 3.86. The number of nitrogens with zero attached hydrogens (tertiary/aromatic N) is 1. The zero-order valence-electron chi connectivity index (χ0n) is 15.0.